The van der Waals surface area contributed by atoms with Crippen molar-refractivity contribution < 1.29 is 51.0 Å². The standard InChI is InChI=1S/C51H62F4N8O7S2/c1-32-25-37(63(50(6,7)30-64)48(71)61(8)38-19-18-36(26-56)41(42(38)52)51(53,54)55)28-58-46(32)70-24-10-9-21-68-22-12-23-69-29-40(65)60-44(49(3,4)5)47(67)62-20-11-13-39(62)45(66)57-27-34-14-16-35(17-15-34)43-33(2)59-31-72-43/h14-19,25,28,30-31,39,44H,9-13,20-24,27,29H2,1-8H3,(H,57,66)(H,60,65). The van der Waals surface area contributed by atoms with Crippen molar-refractivity contribution in [3.8, 4) is 22.4 Å². The van der Waals surface area contributed by atoms with Crippen LogP contribution < -0.4 is 25.2 Å². The lowest BCUT2D eigenvalue weighted by Crippen LogP contribution is -2.58. The highest BCUT2D eigenvalue weighted by Gasteiger charge is 2.43. The maximum Gasteiger partial charge on any atom is 0.420 e. The Hall–Kier alpha value is -6.08. The van der Waals surface area contributed by atoms with E-state index in [1.807, 2.05) is 57.5 Å². The number of likely N-dealkylation sites (tertiary alicyclic amines) is 1. The lowest BCUT2D eigenvalue weighted by Gasteiger charge is -2.39. The van der Waals surface area contributed by atoms with Gasteiger partial charge in [-0.05, 0) is 107 Å². The second-order valence-electron chi connectivity index (χ2n) is 19.0. The van der Waals surface area contributed by atoms with Gasteiger partial charge in [0.2, 0.25) is 23.6 Å². The second-order valence-corrected chi connectivity index (χ2v) is 20.2. The number of unbranched alkanes of at least 4 members (excludes halogenated alkanes) is 1. The highest BCUT2D eigenvalue weighted by Crippen LogP contribution is 2.39. The van der Waals surface area contributed by atoms with Gasteiger partial charge in [0, 0.05) is 45.5 Å². The molecule has 72 heavy (non-hydrogen) atoms. The largest absolute Gasteiger partial charge is 0.477 e. The lowest BCUT2D eigenvalue weighted by atomic mass is 9.85. The third-order valence-electron chi connectivity index (χ3n) is 11.9. The Labute approximate surface area is 427 Å². The predicted molar refractivity (Wildman–Crippen MR) is 270 cm³/mol. The minimum atomic E-state index is -5.15. The number of anilines is 2. The number of carbonyl (C=O) groups is 4. The van der Waals surface area contributed by atoms with Crippen molar-refractivity contribution in [2.45, 2.75) is 111 Å². The summed E-state index contributed by atoms with van der Waals surface area (Å²) in [5, 5.41) is 14.8. The minimum absolute atomic E-state index is 0.206. The van der Waals surface area contributed by atoms with E-state index in [1.165, 1.54) is 38.1 Å². The van der Waals surface area contributed by atoms with Gasteiger partial charge in [-0.1, -0.05) is 45.0 Å². The van der Waals surface area contributed by atoms with E-state index in [0.29, 0.717) is 88.4 Å². The van der Waals surface area contributed by atoms with Crippen molar-refractivity contribution >= 4 is 64.0 Å². The summed E-state index contributed by atoms with van der Waals surface area (Å²) in [5.41, 5.74) is 0.503. The van der Waals surface area contributed by atoms with Crippen LogP contribution in [-0.4, -0.2) is 108 Å². The number of nitrogens with one attached hydrogen (secondary N) is 2. The molecule has 1 saturated heterocycles. The van der Waals surface area contributed by atoms with E-state index in [-0.39, 0.29) is 30.1 Å². The maximum absolute atomic E-state index is 15.4. The first-order valence-electron chi connectivity index (χ1n) is 23.5. The summed E-state index contributed by atoms with van der Waals surface area (Å²) in [6.07, 6.45) is -0.167. The van der Waals surface area contributed by atoms with Crippen LogP contribution in [-0.2, 0) is 41.4 Å². The van der Waals surface area contributed by atoms with Crippen LogP contribution in [0.1, 0.15) is 94.7 Å². The zero-order valence-corrected chi connectivity index (χ0v) is 43.4. The zero-order chi connectivity index (χ0) is 53.0. The molecular formula is C51H62F4N8O7S2. The number of pyridine rings is 1. The fraction of sp³-hybridized carbons (Fsp3) is 0.490. The molecule has 5 rings (SSSR count). The van der Waals surface area contributed by atoms with E-state index in [4.69, 9.17) is 26.4 Å². The number of nitriles is 1. The van der Waals surface area contributed by atoms with E-state index in [9.17, 15) is 37.6 Å². The number of nitrogens with zero attached hydrogens (tertiary/aromatic N) is 6. The molecule has 2 unspecified atom stereocenters. The van der Waals surface area contributed by atoms with E-state index in [0.717, 1.165) is 38.7 Å². The molecule has 0 spiro atoms. The lowest BCUT2D eigenvalue weighted by molar-refractivity contribution is -0.144. The van der Waals surface area contributed by atoms with Gasteiger partial charge in [0.05, 0.1) is 57.4 Å². The van der Waals surface area contributed by atoms with Crippen LogP contribution in [0.15, 0.2) is 54.2 Å². The molecule has 15 nitrogen and oxygen atoms in total. The number of ether oxygens (including phenoxy) is 3. The SMILES string of the molecule is Cc1cc(N(C(=S)N(C)c2ccc(C#N)c(C(F)(F)F)c2F)C(C)(C)C=O)cnc1OCCCCOCCCOCC(=O)NC(C(=O)N1CCCC1C(=O)NCc1ccc(-c2scnc2C)cc1)C(C)(C)C. The minimum Gasteiger partial charge on any atom is -0.477 e. The second kappa shape index (κ2) is 25.0. The Morgan fingerprint density at radius 2 is 1.68 bits per heavy atom. The van der Waals surface area contributed by atoms with Crippen molar-refractivity contribution in [3.05, 3.63) is 87.9 Å². The highest BCUT2D eigenvalue weighted by atomic mass is 32.1. The molecular weight excluding hydrogens is 977 g/mol. The van der Waals surface area contributed by atoms with Crippen LogP contribution in [0.25, 0.3) is 10.4 Å². The molecule has 0 aliphatic carbocycles. The Bertz CT molecular complexity index is 2600. The van der Waals surface area contributed by atoms with Gasteiger partial charge in [-0.2, -0.15) is 18.4 Å². The van der Waals surface area contributed by atoms with Gasteiger partial charge in [-0.3, -0.25) is 14.4 Å². The Morgan fingerprint density at radius 3 is 2.31 bits per heavy atom. The number of thiocarbonyl (C=S) groups is 1. The van der Waals surface area contributed by atoms with Crippen LogP contribution in [0.2, 0.25) is 0 Å². The molecule has 4 aromatic rings. The number of aryl methyl sites for hydroxylation is 2. The Morgan fingerprint density at radius 1 is 1.00 bits per heavy atom. The van der Waals surface area contributed by atoms with Crippen molar-refractivity contribution in [2.24, 2.45) is 5.41 Å². The molecule has 2 aromatic carbocycles. The van der Waals surface area contributed by atoms with Crippen LogP contribution in [0.5, 0.6) is 5.88 Å². The smallest absolute Gasteiger partial charge is 0.420 e. The van der Waals surface area contributed by atoms with E-state index >= 15 is 4.39 Å². The first kappa shape index (κ1) is 56.8. The summed E-state index contributed by atoms with van der Waals surface area (Å²) in [6.45, 7) is 14.2. The third kappa shape index (κ3) is 14.5. The molecule has 1 aliphatic heterocycles. The topological polar surface area (TPSA) is 179 Å². The van der Waals surface area contributed by atoms with E-state index in [2.05, 4.69) is 20.6 Å². The quantitative estimate of drug-likeness (QED) is 0.0332. The number of alkyl halides is 3. The van der Waals surface area contributed by atoms with Gasteiger partial charge in [0.25, 0.3) is 0 Å². The summed E-state index contributed by atoms with van der Waals surface area (Å²) in [7, 11) is 1.26. The summed E-state index contributed by atoms with van der Waals surface area (Å²) < 4.78 is 73.9. The number of aldehydes is 1. The number of hydrogen-bond acceptors (Lipinski definition) is 12. The molecule has 0 saturated carbocycles. The Balaban J connectivity index is 1.01. The fourth-order valence-corrected chi connectivity index (χ4v) is 9.25. The number of aromatic nitrogens is 2. The van der Waals surface area contributed by atoms with Gasteiger partial charge in [0.1, 0.15) is 30.5 Å². The van der Waals surface area contributed by atoms with Crippen LogP contribution >= 0.6 is 23.6 Å². The molecule has 3 amide bonds. The number of amides is 3. The van der Waals surface area contributed by atoms with Crippen molar-refractivity contribution in [1.29, 1.82) is 5.26 Å². The molecule has 21 heteroatoms. The average molecular weight is 1040 g/mol. The molecule has 2 N–H and O–H groups in total. The summed E-state index contributed by atoms with van der Waals surface area (Å²) in [5.74, 6) is -2.37. The van der Waals surface area contributed by atoms with Crippen LogP contribution in [0.3, 0.4) is 0 Å². The summed E-state index contributed by atoms with van der Waals surface area (Å²) >= 11 is 7.19. The van der Waals surface area contributed by atoms with Gasteiger partial charge in [-0.15, -0.1) is 11.3 Å². The van der Waals surface area contributed by atoms with Crippen molar-refractivity contribution in [1.82, 2.24) is 25.5 Å². The van der Waals surface area contributed by atoms with E-state index in [1.54, 1.807) is 29.2 Å². The molecule has 1 aliphatic rings. The summed E-state index contributed by atoms with van der Waals surface area (Å²) in [6, 6.07) is 11.3. The molecule has 2 atom stereocenters. The third-order valence-corrected chi connectivity index (χ3v) is 13.4. The van der Waals surface area contributed by atoms with Crippen molar-refractivity contribution in [3.63, 3.8) is 0 Å². The van der Waals surface area contributed by atoms with Crippen LogP contribution in [0, 0.1) is 36.4 Å². The zero-order valence-electron chi connectivity index (χ0n) is 41.8. The number of hydrogen-bond donors (Lipinski definition) is 2. The average Bonchev–Trinajstić information content (AvgIpc) is 4.01. The molecule has 3 heterocycles. The number of thiazole rings is 1. The normalized spacial score (nSPS) is 14.3. The number of halogens is 4. The number of carbonyl (C=O) groups excluding carboxylic acids is 4. The molecule has 2 aromatic heterocycles. The molecule has 0 radical (unpaired) electrons. The van der Waals surface area contributed by atoms with Crippen molar-refractivity contribution in [2.75, 3.05) is 56.4 Å². The summed E-state index contributed by atoms with van der Waals surface area (Å²) in [4.78, 5) is 66.3. The molecule has 1 fully saturated rings. The number of benzene rings is 2. The monoisotopic (exact) mass is 1040 g/mol. The first-order valence-corrected chi connectivity index (χ1v) is 24.7. The highest BCUT2D eigenvalue weighted by molar-refractivity contribution is 7.80. The first-order chi connectivity index (χ1) is 34.0. The predicted octanol–water partition coefficient (Wildman–Crippen LogP) is 8.48. The Kier molecular flexibility index (Phi) is 19.8. The number of rotatable bonds is 22. The molecule has 388 valence electrons. The molecule has 0 bridgehead atoms. The van der Waals surface area contributed by atoms with Gasteiger partial charge < -0.3 is 44.3 Å². The fourth-order valence-electron chi connectivity index (χ4n) is 8.00. The van der Waals surface area contributed by atoms with E-state index < -0.39 is 57.8 Å². The maximum atomic E-state index is 15.4. The van der Waals surface area contributed by atoms with Gasteiger partial charge in [-0.25, -0.2) is 14.4 Å². The van der Waals surface area contributed by atoms with Gasteiger partial charge >= 0.3 is 6.18 Å². The van der Waals surface area contributed by atoms with Crippen LogP contribution in [0.4, 0.5) is 28.9 Å². The van der Waals surface area contributed by atoms with Gasteiger partial charge in [0.15, 0.2) is 10.9 Å².